The molecule has 0 aromatic heterocycles. The smallest absolute Gasteiger partial charge is 0.311 e. The lowest BCUT2D eigenvalue weighted by Gasteiger charge is -2.23. The summed E-state index contributed by atoms with van der Waals surface area (Å²) in [6.45, 7) is 3.78. The van der Waals surface area contributed by atoms with Gasteiger partial charge in [0.05, 0.1) is 5.41 Å². The van der Waals surface area contributed by atoms with E-state index in [1.165, 1.54) is 25.7 Å². The first-order chi connectivity index (χ1) is 8.49. The second-order valence-corrected chi connectivity index (χ2v) is 6.08. The molecule has 2 N–H and O–H groups in total. The van der Waals surface area contributed by atoms with Gasteiger partial charge in [-0.05, 0) is 38.0 Å². The normalized spacial score (nSPS) is 33.1. The molecular formula is C14H23NO3. The Morgan fingerprint density at radius 2 is 1.83 bits per heavy atom. The van der Waals surface area contributed by atoms with Gasteiger partial charge in [-0.1, -0.05) is 19.8 Å². The molecule has 0 heterocycles. The van der Waals surface area contributed by atoms with Gasteiger partial charge >= 0.3 is 5.97 Å². The van der Waals surface area contributed by atoms with Gasteiger partial charge in [0.25, 0.3) is 0 Å². The summed E-state index contributed by atoms with van der Waals surface area (Å²) in [6, 6.07) is 0. The molecule has 0 bridgehead atoms. The van der Waals surface area contributed by atoms with E-state index in [2.05, 4.69) is 5.32 Å². The number of hydrogen-bond acceptors (Lipinski definition) is 2. The van der Waals surface area contributed by atoms with Crippen LogP contribution < -0.4 is 5.32 Å². The van der Waals surface area contributed by atoms with Crippen LogP contribution in [0.5, 0.6) is 0 Å². The fourth-order valence-electron chi connectivity index (χ4n) is 3.13. The molecule has 18 heavy (non-hydrogen) atoms. The summed E-state index contributed by atoms with van der Waals surface area (Å²) in [6.07, 6.45) is 5.36. The predicted molar refractivity (Wildman–Crippen MR) is 68.0 cm³/mol. The van der Waals surface area contributed by atoms with Gasteiger partial charge in [-0.15, -0.1) is 0 Å². The van der Waals surface area contributed by atoms with Crippen molar-refractivity contribution in [3.8, 4) is 0 Å². The fourth-order valence-corrected chi connectivity index (χ4v) is 3.13. The summed E-state index contributed by atoms with van der Waals surface area (Å²) in [7, 11) is 0. The van der Waals surface area contributed by atoms with E-state index in [-0.39, 0.29) is 18.4 Å². The van der Waals surface area contributed by atoms with Gasteiger partial charge in [-0.2, -0.15) is 0 Å². The van der Waals surface area contributed by atoms with Crippen molar-refractivity contribution in [3.05, 3.63) is 0 Å². The summed E-state index contributed by atoms with van der Waals surface area (Å²) in [5.74, 6) is 0.571. The second-order valence-electron chi connectivity index (χ2n) is 6.08. The maximum atomic E-state index is 12.1. The van der Waals surface area contributed by atoms with Crippen LogP contribution >= 0.6 is 0 Å². The summed E-state index contributed by atoms with van der Waals surface area (Å²) in [5, 5.41) is 12.0. The molecule has 2 saturated carbocycles. The van der Waals surface area contributed by atoms with Crippen LogP contribution in [0.25, 0.3) is 0 Å². The molecule has 0 spiro atoms. The average Bonchev–Trinajstić information content (AvgIpc) is 3.09. The Labute approximate surface area is 108 Å². The Morgan fingerprint density at radius 3 is 2.28 bits per heavy atom. The van der Waals surface area contributed by atoms with Crippen LogP contribution in [0.1, 0.15) is 46.0 Å². The molecule has 4 heteroatoms. The lowest BCUT2D eigenvalue weighted by molar-refractivity contribution is -0.148. The summed E-state index contributed by atoms with van der Waals surface area (Å²) >= 11 is 0. The number of rotatable bonds is 5. The molecule has 0 radical (unpaired) electrons. The molecule has 0 aromatic rings. The highest BCUT2D eigenvalue weighted by molar-refractivity contribution is 5.83. The molecule has 2 aliphatic carbocycles. The minimum Gasteiger partial charge on any atom is -0.481 e. The van der Waals surface area contributed by atoms with Crippen molar-refractivity contribution in [1.29, 1.82) is 0 Å². The number of carbonyl (C=O) groups excluding carboxylic acids is 1. The molecule has 102 valence electrons. The molecule has 3 atom stereocenters. The highest BCUT2D eigenvalue weighted by Gasteiger charge is 2.54. The Hall–Kier alpha value is -1.06. The van der Waals surface area contributed by atoms with Crippen LogP contribution in [0.3, 0.4) is 0 Å². The Balaban J connectivity index is 1.84. The lowest BCUT2D eigenvalue weighted by atomic mass is 9.87. The van der Waals surface area contributed by atoms with E-state index in [0.717, 1.165) is 0 Å². The predicted octanol–water partition coefficient (Wildman–Crippen LogP) is 2.04. The van der Waals surface area contributed by atoms with Crippen LogP contribution in [0.2, 0.25) is 0 Å². The summed E-state index contributed by atoms with van der Waals surface area (Å²) < 4.78 is 0. The third-order valence-electron chi connectivity index (χ3n) is 4.91. The van der Waals surface area contributed by atoms with Gasteiger partial charge in [0.15, 0.2) is 0 Å². The van der Waals surface area contributed by atoms with Crippen LogP contribution in [0, 0.1) is 23.2 Å². The lowest BCUT2D eigenvalue weighted by Crippen LogP contribution is -2.41. The van der Waals surface area contributed by atoms with E-state index >= 15 is 0 Å². The average molecular weight is 253 g/mol. The van der Waals surface area contributed by atoms with Crippen molar-refractivity contribution in [2.24, 2.45) is 23.2 Å². The van der Waals surface area contributed by atoms with Crippen molar-refractivity contribution in [2.75, 3.05) is 6.54 Å². The van der Waals surface area contributed by atoms with Crippen molar-refractivity contribution < 1.29 is 14.7 Å². The molecule has 0 saturated heterocycles. The monoisotopic (exact) mass is 253 g/mol. The third kappa shape index (κ3) is 2.38. The minimum absolute atomic E-state index is 0.0767. The fraction of sp³-hybridized carbons (Fsp3) is 0.857. The maximum Gasteiger partial charge on any atom is 0.311 e. The van der Waals surface area contributed by atoms with Gasteiger partial charge in [0.2, 0.25) is 5.91 Å². The number of amides is 1. The van der Waals surface area contributed by atoms with Gasteiger partial charge in [-0.25, -0.2) is 0 Å². The molecule has 1 amide bonds. The van der Waals surface area contributed by atoms with Crippen LogP contribution in [0.15, 0.2) is 0 Å². The van der Waals surface area contributed by atoms with Gasteiger partial charge in [0, 0.05) is 12.5 Å². The first kappa shape index (κ1) is 13.4. The third-order valence-corrected chi connectivity index (χ3v) is 4.91. The van der Waals surface area contributed by atoms with Crippen LogP contribution in [0.4, 0.5) is 0 Å². The zero-order chi connectivity index (χ0) is 13.3. The van der Waals surface area contributed by atoms with E-state index in [1.54, 1.807) is 6.92 Å². The molecule has 3 unspecified atom stereocenters. The Morgan fingerprint density at radius 1 is 1.28 bits per heavy atom. The molecular weight excluding hydrogens is 230 g/mol. The number of carboxylic acids is 1. The van der Waals surface area contributed by atoms with Crippen molar-refractivity contribution >= 4 is 11.9 Å². The van der Waals surface area contributed by atoms with Crippen LogP contribution in [-0.4, -0.2) is 23.5 Å². The number of aliphatic carboxylic acids is 1. The highest BCUT2D eigenvalue weighted by Crippen LogP contribution is 2.55. The number of fused-ring (bicyclic) bond motifs is 1. The largest absolute Gasteiger partial charge is 0.481 e. The maximum absolute atomic E-state index is 12.1. The molecule has 2 rings (SSSR count). The number of carbonyl (C=O) groups is 2. The topological polar surface area (TPSA) is 66.4 Å². The second kappa shape index (κ2) is 4.90. The quantitative estimate of drug-likeness (QED) is 0.788. The van der Waals surface area contributed by atoms with E-state index in [0.29, 0.717) is 18.3 Å². The number of hydrogen-bond donors (Lipinski definition) is 2. The Bertz CT molecular complexity index is 343. The van der Waals surface area contributed by atoms with Crippen LogP contribution in [-0.2, 0) is 9.59 Å². The van der Waals surface area contributed by atoms with Crippen molar-refractivity contribution in [2.45, 2.75) is 46.0 Å². The standard InChI is InChI=1S/C14H23NO3/c1-3-14(2,13(17)18)8-15-12(16)11-9-6-4-5-7-10(9)11/h9-11H,3-8H2,1-2H3,(H,15,16)(H,17,18). The summed E-state index contributed by atoms with van der Waals surface area (Å²) in [5.41, 5.74) is -0.838. The zero-order valence-electron chi connectivity index (χ0n) is 11.2. The van der Waals surface area contributed by atoms with Crippen molar-refractivity contribution in [3.63, 3.8) is 0 Å². The molecule has 2 aliphatic rings. The molecule has 2 fully saturated rings. The van der Waals surface area contributed by atoms with Gasteiger partial charge in [-0.3, -0.25) is 9.59 Å². The SMILES string of the molecule is CCC(C)(CNC(=O)C1C2CCCCC21)C(=O)O. The first-order valence-electron chi connectivity index (χ1n) is 7.00. The van der Waals surface area contributed by atoms with Crippen molar-refractivity contribution in [1.82, 2.24) is 5.32 Å². The molecule has 0 aliphatic heterocycles. The summed E-state index contributed by atoms with van der Waals surface area (Å²) in [4.78, 5) is 23.2. The minimum atomic E-state index is -0.838. The highest BCUT2D eigenvalue weighted by atomic mass is 16.4. The van der Waals surface area contributed by atoms with E-state index in [9.17, 15) is 9.59 Å². The van der Waals surface area contributed by atoms with E-state index < -0.39 is 11.4 Å². The van der Waals surface area contributed by atoms with E-state index in [1.807, 2.05) is 6.92 Å². The number of carboxylic acid groups (broad SMARTS) is 1. The van der Waals surface area contributed by atoms with E-state index in [4.69, 9.17) is 5.11 Å². The Kier molecular flexibility index (Phi) is 3.64. The van der Waals surface area contributed by atoms with Gasteiger partial charge < -0.3 is 10.4 Å². The molecule has 4 nitrogen and oxygen atoms in total. The van der Waals surface area contributed by atoms with Gasteiger partial charge in [0.1, 0.15) is 0 Å². The zero-order valence-corrected chi connectivity index (χ0v) is 11.2. The molecule has 0 aromatic carbocycles. The first-order valence-corrected chi connectivity index (χ1v) is 7.00. The number of nitrogens with one attached hydrogen (secondary N) is 1.